The lowest BCUT2D eigenvalue weighted by atomic mass is 10.00. The van der Waals surface area contributed by atoms with Crippen LogP contribution in [0.2, 0.25) is 0 Å². The number of ether oxygens (including phenoxy) is 1. The summed E-state index contributed by atoms with van der Waals surface area (Å²) >= 11 is 5.88. The van der Waals surface area contributed by atoms with E-state index in [4.69, 9.17) is 4.74 Å². The number of anilines is 1. The molecule has 39 heavy (non-hydrogen) atoms. The summed E-state index contributed by atoms with van der Waals surface area (Å²) in [5.74, 6) is 0.346. The molecule has 5 rings (SSSR count). The Bertz CT molecular complexity index is 1510. The molecule has 0 saturated carbocycles. The Morgan fingerprint density at radius 3 is 2.54 bits per heavy atom. The minimum Gasteiger partial charge on any atom is -0.383 e. The predicted octanol–water partition coefficient (Wildman–Crippen LogP) is 5.81. The Morgan fingerprint density at radius 2 is 1.97 bits per heavy atom. The summed E-state index contributed by atoms with van der Waals surface area (Å²) in [5, 5.41) is 2.00. The molecule has 1 aromatic carbocycles. The van der Waals surface area contributed by atoms with Gasteiger partial charge in [-0.2, -0.15) is 18.2 Å². The van der Waals surface area contributed by atoms with Crippen molar-refractivity contribution in [2.75, 3.05) is 37.5 Å². The number of nitrogens with zero attached hydrogens (tertiary/aromatic N) is 4. The number of benzene rings is 1. The van der Waals surface area contributed by atoms with Gasteiger partial charge in [0.2, 0.25) is 5.91 Å². The topological polar surface area (TPSA) is 67.7 Å². The fourth-order valence-corrected chi connectivity index (χ4v) is 8.47. The fourth-order valence-electron chi connectivity index (χ4n) is 5.60. The van der Waals surface area contributed by atoms with Crippen LogP contribution in [0, 0.1) is 0 Å². The second-order valence-electron chi connectivity index (χ2n) is 9.71. The summed E-state index contributed by atoms with van der Waals surface area (Å²) in [6, 6.07) is 1.87. The maximum absolute atomic E-state index is 14.7. The van der Waals surface area contributed by atoms with E-state index in [1.54, 1.807) is 16.3 Å². The van der Waals surface area contributed by atoms with Crippen molar-refractivity contribution in [1.29, 1.82) is 0 Å². The quantitative estimate of drug-likeness (QED) is 0.327. The van der Waals surface area contributed by atoms with E-state index in [0.717, 1.165) is 6.07 Å². The van der Waals surface area contributed by atoms with Crippen molar-refractivity contribution in [2.24, 2.45) is 0 Å². The molecule has 13 heteroatoms. The molecule has 208 valence electrons. The third-order valence-corrected chi connectivity index (χ3v) is 10.0. The highest BCUT2D eigenvalue weighted by Crippen LogP contribution is 2.51. The van der Waals surface area contributed by atoms with E-state index >= 15 is 0 Å². The fraction of sp³-hybridized carbons (Fsp3) is 0.423. The van der Waals surface area contributed by atoms with Crippen LogP contribution >= 0.6 is 39.0 Å². The van der Waals surface area contributed by atoms with Crippen LogP contribution in [0.15, 0.2) is 44.3 Å². The lowest BCUT2D eigenvalue weighted by Gasteiger charge is -2.45. The van der Waals surface area contributed by atoms with Crippen LogP contribution in [-0.2, 0) is 15.7 Å². The van der Waals surface area contributed by atoms with Gasteiger partial charge >= 0.3 is 11.9 Å². The van der Waals surface area contributed by atoms with Gasteiger partial charge in [0.15, 0.2) is 0 Å². The van der Waals surface area contributed by atoms with Crippen molar-refractivity contribution < 1.29 is 22.7 Å². The summed E-state index contributed by atoms with van der Waals surface area (Å²) in [4.78, 5) is 34.8. The van der Waals surface area contributed by atoms with Gasteiger partial charge in [0, 0.05) is 68.6 Å². The van der Waals surface area contributed by atoms with Gasteiger partial charge in [-0.15, -0.1) is 23.1 Å². The number of thiophene rings is 1. The largest absolute Gasteiger partial charge is 0.417 e. The monoisotopic (exact) mass is 642 g/mol. The van der Waals surface area contributed by atoms with Gasteiger partial charge in [-0.3, -0.25) is 9.36 Å². The molecule has 3 aromatic rings. The molecule has 2 aromatic heterocycles. The number of carbonyl (C=O) groups excluding carboxylic acids is 1. The average Bonchev–Trinajstić information content (AvgIpc) is 3.30. The van der Waals surface area contributed by atoms with Crippen molar-refractivity contribution in [3.8, 4) is 10.4 Å². The third kappa shape index (κ3) is 4.91. The number of thioether (sulfide) groups is 1. The highest BCUT2D eigenvalue weighted by Gasteiger charge is 2.40. The SMILES string of the molecule is C=CC(=O)N1[C@H](C)CN(c2nc(=O)n3c4c(c(-c5cc(Br)cs5)c(C(F)(F)F)cc24)SC[C@@H]3COC)C[C@@H]1C. The zero-order valence-corrected chi connectivity index (χ0v) is 24.6. The summed E-state index contributed by atoms with van der Waals surface area (Å²) in [5.41, 5.74) is -0.809. The molecular formula is C26H26BrF3N4O3S2. The number of hydrogen-bond acceptors (Lipinski definition) is 7. The van der Waals surface area contributed by atoms with Crippen LogP contribution < -0.4 is 10.6 Å². The molecule has 0 spiro atoms. The lowest BCUT2D eigenvalue weighted by Crippen LogP contribution is -2.58. The minimum atomic E-state index is -4.64. The molecule has 2 aliphatic heterocycles. The molecule has 4 heterocycles. The Labute approximate surface area is 239 Å². The molecule has 7 nitrogen and oxygen atoms in total. The maximum atomic E-state index is 14.7. The van der Waals surface area contributed by atoms with E-state index in [9.17, 15) is 22.8 Å². The number of alkyl halides is 3. The number of hydrogen-bond donors (Lipinski definition) is 0. The first-order valence-corrected chi connectivity index (χ1v) is 14.9. The van der Waals surface area contributed by atoms with Crippen LogP contribution in [0.25, 0.3) is 21.3 Å². The second kappa shape index (κ2) is 10.6. The van der Waals surface area contributed by atoms with Crippen molar-refractivity contribution in [2.45, 2.75) is 43.0 Å². The number of aromatic nitrogens is 2. The van der Waals surface area contributed by atoms with Crippen LogP contribution in [0.3, 0.4) is 0 Å². The highest BCUT2D eigenvalue weighted by atomic mass is 79.9. The Morgan fingerprint density at radius 1 is 1.28 bits per heavy atom. The smallest absolute Gasteiger partial charge is 0.383 e. The number of carbonyl (C=O) groups is 1. The van der Waals surface area contributed by atoms with E-state index in [1.807, 2.05) is 18.7 Å². The van der Waals surface area contributed by atoms with Crippen LogP contribution in [0.4, 0.5) is 19.0 Å². The summed E-state index contributed by atoms with van der Waals surface area (Å²) in [7, 11) is 1.53. The van der Waals surface area contributed by atoms with Gasteiger partial charge in [0.05, 0.1) is 23.7 Å². The molecule has 0 aliphatic carbocycles. The zero-order valence-electron chi connectivity index (χ0n) is 21.4. The first kappa shape index (κ1) is 28.2. The Kier molecular flexibility index (Phi) is 7.64. The minimum absolute atomic E-state index is 0.0694. The van der Waals surface area contributed by atoms with Gasteiger partial charge in [-0.1, -0.05) is 6.58 Å². The van der Waals surface area contributed by atoms with Gasteiger partial charge in [0.1, 0.15) is 5.82 Å². The molecule has 0 radical (unpaired) electrons. The van der Waals surface area contributed by atoms with Crippen LogP contribution in [-0.4, -0.2) is 65.0 Å². The van der Waals surface area contributed by atoms with E-state index < -0.39 is 17.4 Å². The Hall–Kier alpha value is -2.35. The molecule has 3 atom stereocenters. The highest BCUT2D eigenvalue weighted by molar-refractivity contribution is 9.10. The molecule has 0 N–H and O–H groups in total. The van der Waals surface area contributed by atoms with Gasteiger partial charge < -0.3 is 14.5 Å². The summed E-state index contributed by atoms with van der Waals surface area (Å²) in [6.45, 7) is 8.13. The molecule has 1 saturated heterocycles. The standard InChI is InChI=1S/C26H26BrF3N4O3S2/c1-5-20(35)33-13(2)8-32(9-14(33)3)24-17-7-18(26(28,29)30)21(19-6-15(27)11-38-19)23-22(17)34(25(36)31-24)16(10-37-4)12-39-23/h5-7,11,13-14,16H,1,8-10,12H2,2-4H3/t13-,14+,16-/m0/s1. The average molecular weight is 644 g/mol. The normalized spacial score (nSPS) is 21.5. The molecule has 0 unspecified atom stereocenters. The van der Waals surface area contributed by atoms with E-state index in [0.29, 0.717) is 38.6 Å². The molecule has 0 bridgehead atoms. The Balaban J connectivity index is 1.80. The first-order chi connectivity index (χ1) is 18.5. The molecule has 1 fully saturated rings. The zero-order chi connectivity index (χ0) is 28.2. The molecule has 2 aliphatic rings. The molecule has 1 amide bonds. The van der Waals surface area contributed by atoms with E-state index in [2.05, 4.69) is 27.5 Å². The van der Waals surface area contributed by atoms with E-state index in [1.165, 1.54) is 40.9 Å². The van der Waals surface area contributed by atoms with Crippen LogP contribution in [0.5, 0.6) is 0 Å². The molecular weight excluding hydrogens is 617 g/mol. The van der Waals surface area contributed by atoms with Gasteiger partial charge in [-0.25, -0.2) is 4.79 Å². The van der Waals surface area contributed by atoms with Crippen molar-refractivity contribution in [3.05, 3.63) is 50.7 Å². The van der Waals surface area contributed by atoms with E-state index in [-0.39, 0.29) is 47.4 Å². The predicted molar refractivity (Wildman–Crippen MR) is 152 cm³/mol. The number of amides is 1. The number of methoxy groups -OCH3 is 1. The van der Waals surface area contributed by atoms with Crippen molar-refractivity contribution >= 4 is 61.7 Å². The van der Waals surface area contributed by atoms with Gasteiger partial charge in [0.25, 0.3) is 0 Å². The lowest BCUT2D eigenvalue weighted by molar-refractivity contribution is -0.137. The maximum Gasteiger partial charge on any atom is 0.417 e. The number of halogens is 4. The first-order valence-electron chi connectivity index (χ1n) is 12.2. The number of rotatable bonds is 5. The van der Waals surface area contributed by atoms with Crippen LogP contribution in [0.1, 0.15) is 25.5 Å². The van der Waals surface area contributed by atoms with Crippen molar-refractivity contribution in [3.63, 3.8) is 0 Å². The van der Waals surface area contributed by atoms with Crippen molar-refractivity contribution in [1.82, 2.24) is 14.5 Å². The van der Waals surface area contributed by atoms with Gasteiger partial charge in [-0.05, 0) is 48.0 Å². The third-order valence-electron chi connectivity index (χ3n) is 7.06. The summed E-state index contributed by atoms with van der Waals surface area (Å²) in [6.07, 6.45) is -3.39. The summed E-state index contributed by atoms with van der Waals surface area (Å²) < 4.78 is 51.5. The second-order valence-corrected chi connectivity index (χ2v) is 12.6. The number of piperazine rings is 1.